The molecular formula is C20H25N. The Kier molecular flexibility index (Phi) is 6.61. The van der Waals surface area contributed by atoms with Crippen molar-refractivity contribution in [2.75, 3.05) is 0 Å². The Labute approximate surface area is 129 Å². The first-order chi connectivity index (χ1) is 10.1. The summed E-state index contributed by atoms with van der Waals surface area (Å²) in [4.78, 5) is 4.75. The molecule has 1 heterocycles. The van der Waals surface area contributed by atoms with E-state index in [2.05, 4.69) is 64.3 Å². The van der Waals surface area contributed by atoms with E-state index in [9.17, 15) is 0 Å². The van der Waals surface area contributed by atoms with Gasteiger partial charge in [0.2, 0.25) is 0 Å². The summed E-state index contributed by atoms with van der Waals surface area (Å²) in [6, 6.07) is 0.138. The van der Waals surface area contributed by atoms with Crippen molar-refractivity contribution in [2.45, 2.75) is 33.7 Å². The van der Waals surface area contributed by atoms with Crippen LogP contribution in [0.2, 0.25) is 0 Å². The minimum atomic E-state index is 0.138. The number of rotatable bonds is 5. The summed E-state index contributed by atoms with van der Waals surface area (Å²) in [5.41, 5.74) is 5.84. The predicted octanol–water partition coefficient (Wildman–Crippen LogP) is 5.52. The Morgan fingerprint density at radius 1 is 1.19 bits per heavy atom. The quantitative estimate of drug-likeness (QED) is 0.587. The van der Waals surface area contributed by atoms with Gasteiger partial charge in [0.15, 0.2) is 0 Å². The van der Waals surface area contributed by atoms with Crippen LogP contribution in [0.5, 0.6) is 0 Å². The number of hydrogen-bond donors (Lipinski definition) is 0. The molecule has 0 N–H and O–H groups in total. The lowest BCUT2D eigenvalue weighted by molar-refractivity contribution is 0.859. The smallest absolute Gasteiger partial charge is 0.0730 e. The third kappa shape index (κ3) is 3.91. The van der Waals surface area contributed by atoms with E-state index in [1.54, 1.807) is 6.08 Å². The van der Waals surface area contributed by atoms with Crippen molar-refractivity contribution in [1.29, 1.82) is 0 Å². The van der Waals surface area contributed by atoms with Crippen LogP contribution in [0.1, 0.15) is 27.7 Å². The van der Waals surface area contributed by atoms with Crippen LogP contribution < -0.4 is 0 Å². The summed E-state index contributed by atoms with van der Waals surface area (Å²) in [6.07, 6.45) is 16.1. The molecule has 0 aromatic rings. The molecule has 1 unspecified atom stereocenters. The fourth-order valence-corrected chi connectivity index (χ4v) is 2.52. The molecular weight excluding hydrogens is 254 g/mol. The van der Waals surface area contributed by atoms with Crippen LogP contribution in [-0.4, -0.2) is 11.8 Å². The van der Waals surface area contributed by atoms with Crippen LogP contribution >= 0.6 is 0 Å². The minimum Gasteiger partial charge on any atom is -0.282 e. The first-order valence-electron chi connectivity index (χ1n) is 7.31. The Morgan fingerprint density at radius 3 is 2.43 bits per heavy atom. The van der Waals surface area contributed by atoms with Gasteiger partial charge < -0.3 is 0 Å². The van der Waals surface area contributed by atoms with Crippen LogP contribution in [0.4, 0.5) is 0 Å². The lowest BCUT2D eigenvalue weighted by Crippen LogP contribution is -2.19. The lowest BCUT2D eigenvalue weighted by Gasteiger charge is -2.26. The molecule has 0 radical (unpaired) electrons. The SMILES string of the molecule is C=C/C=C\C1=C(C(/C=C\C)=C/C)/C(=C/C=C)C(C)N=C1C. The molecule has 0 aliphatic carbocycles. The monoisotopic (exact) mass is 279 g/mol. The van der Waals surface area contributed by atoms with Gasteiger partial charge in [0.05, 0.1) is 6.04 Å². The van der Waals surface area contributed by atoms with E-state index in [-0.39, 0.29) is 6.04 Å². The van der Waals surface area contributed by atoms with Gasteiger partial charge in [0.25, 0.3) is 0 Å². The highest BCUT2D eigenvalue weighted by Gasteiger charge is 2.23. The van der Waals surface area contributed by atoms with E-state index < -0.39 is 0 Å². The number of aliphatic imine (C=N–C) groups is 1. The minimum absolute atomic E-state index is 0.138. The number of allylic oxidation sites excluding steroid dienone is 10. The highest BCUT2D eigenvalue weighted by atomic mass is 14.8. The summed E-state index contributed by atoms with van der Waals surface area (Å²) in [6.45, 7) is 15.9. The Morgan fingerprint density at radius 2 is 1.90 bits per heavy atom. The zero-order valence-corrected chi connectivity index (χ0v) is 13.6. The van der Waals surface area contributed by atoms with Gasteiger partial charge in [-0.3, -0.25) is 4.99 Å². The van der Waals surface area contributed by atoms with Crippen LogP contribution in [0.25, 0.3) is 0 Å². The van der Waals surface area contributed by atoms with Gasteiger partial charge >= 0.3 is 0 Å². The highest BCUT2D eigenvalue weighted by molar-refractivity contribution is 6.04. The summed E-state index contributed by atoms with van der Waals surface area (Å²) < 4.78 is 0. The maximum absolute atomic E-state index is 4.75. The van der Waals surface area contributed by atoms with E-state index in [0.29, 0.717) is 0 Å². The molecule has 0 fully saturated rings. The molecule has 1 aliphatic heterocycles. The van der Waals surface area contributed by atoms with Crippen molar-refractivity contribution in [3.8, 4) is 0 Å². The second-order valence-corrected chi connectivity index (χ2v) is 4.88. The fourth-order valence-electron chi connectivity index (χ4n) is 2.52. The second kappa shape index (κ2) is 8.21. The lowest BCUT2D eigenvalue weighted by atomic mass is 9.84. The number of dihydropyridines is 1. The maximum atomic E-state index is 4.75. The number of hydrogen-bond acceptors (Lipinski definition) is 1. The summed E-state index contributed by atoms with van der Waals surface area (Å²) in [5.74, 6) is 0. The van der Waals surface area contributed by atoms with Crippen LogP contribution in [0, 0.1) is 0 Å². The van der Waals surface area contributed by atoms with E-state index >= 15 is 0 Å². The third-order valence-corrected chi connectivity index (χ3v) is 3.43. The summed E-state index contributed by atoms with van der Waals surface area (Å²) in [7, 11) is 0. The maximum Gasteiger partial charge on any atom is 0.0730 e. The van der Waals surface area contributed by atoms with Crippen molar-refractivity contribution < 1.29 is 0 Å². The molecule has 0 aromatic carbocycles. The average molecular weight is 279 g/mol. The molecule has 21 heavy (non-hydrogen) atoms. The normalized spacial score (nSPS) is 22.3. The molecule has 0 bridgehead atoms. The predicted molar refractivity (Wildman–Crippen MR) is 95.8 cm³/mol. The molecule has 1 rings (SSSR count). The highest BCUT2D eigenvalue weighted by Crippen LogP contribution is 2.33. The molecule has 0 saturated heterocycles. The van der Waals surface area contributed by atoms with E-state index in [1.165, 1.54) is 16.7 Å². The van der Waals surface area contributed by atoms with Gasteiger partial charge in [0, 0.05) is 11.3 Å². The first kappa shape index (κ1) is 16.9. The molecule has 1 nitrogen and oxygen atoms in total. The molecule has 1 atom stereocenters. The molecule has 0 aromatic heterocycles. The van der Waals surface area contributed by atoms with E-state index in [0.717, 1.165) is 11.3 Å². The molecule has 1 aliphatic rings. The second-order valence-electron chi connectivity index (χ2n) is 4.88. The van der Waals surface area contributed by atoms with Gasteiger partial charge in [-0.05, 0) is 44.4 Å². The zero-order chi connectivity index (χ0) is 15.8. The van der Waals surface area contributed by atoms with Crippen LogP contribution in [-0.2, 0) is 0 Å². The van der Waals surface area contributed by atoms with Gasteiger partial charge in [-0.1, -0.05) is 61.8 Å². The van der Waals surface area contributed by atoms with Crippen molar-refractivity contribution in [3.63, 3.8) is 0 Å². The molecule has 0 saturated carbocycles. The van der Waals surface area contributed by atoms with Crippen LogP contribution in [0.15, 0.2) is 89.1 Å². The number of nitrogens with zero attached hydrogens (tertiary/aromatic N) is 1. The van der Waals surface area contributed by atoms with Crippen molar-refractivity contribution in [3.05, 3.63) is 84.1 Å². The Bertz CT molecular complexity index is 589. The third-order valence-electron chi connectivity index (χ3n) is 3.43. The van der Waals surface area contributed by atoms with E-state index in [4.69, 9.17) is 4.99 Å². The van der Waals surface area contributed by atoms with Gasteiger partial charge in [0.1, 0.15) is 0 Å². The summed E-state index contributed by atoms with van der Waals surface area (Å²) >= 11 is 0. The van der Waals surface area contributed by atoms with Crippen molar-refractivity contribution in [2.24, 2.45) is 4.99 Å². The Balaban J connectivity index is 3.67. The molecule has 1 heteroatoms. The molecule has 110 valence electrons. The van der Waals surface area contributed by atoms with Gasteiger partial charge in [-0.25, -0.2) is 0 Å². The van der Waals surface area contributed by atoms with Gasteiger partial charge in [-0.15, -0.1) is 0 Å². The Hall–Kier alpha value is -2.15. The average Bonchev–Trinajstić information content (AvgIpc) is 2.46. The molecule has 0 amide bonds. The van der Waals surface area contributed by atoms with Crippen LogP contribution in [0.3, 0.4) is 0 Å². The largest absolute Gasteiger partial charge is 0.282 e. The summed E-state index contributed by atoms with van der Waals surface area (Å²) in [5, 5.41) is 0. The zero-order valence-electron chi connectivity index (χ0n) is 13.6. The standard InChI is InChI=1S/C20H25N/c1-7-11-14-19-16(6)21-15(5)18(13-9-3)20(19)17(10-4)12-8-2/h7-15H,1,3H2,2,4-6H3/b12-8-,14-11-,17-10+,18-13+. The van der Waals surface area contributed by atoms with Crippen molar-refractivity contribution >= 4 is 5.71 Å². The van der Waals surface area contributed by atoms with Crippen molar-refractivity contribution in [1.82, 2.24) is 0 Å². The topological polar surface area (TPSA) is 12.4 Å². The van der Waals surface area contributed by atoms with Gasteiger partial charge in [-0.2, -0.15) is 0 Å². The van der Waals surface area contributed by atoms with E-state index in [1.807, 2.05) is 19.1 Å². The fraction of sp³-hybridized carbons (Fsp3) is 0.250. The first-order valence-corrected chi connectivity index (χ1v) is 7.31. The molecule has 0 spiro atoms.